The molecule has 3 rings (SSSR count). The predicted octanol–water partition coefficient (Wildman–Crippen LogP) is 3.97. The van der Waals surface area contributed by atoms with Crippen LogP contribution in [0.2, 0.25) is 0 Å². The van der Waals surface area contributed by atoms with E-state index in [0.29, 0.717) is 31.9 Å². The molecule has 0 spiro atoms. The lowest BCUT2D eigenvalue weighted by Crippen LogP contribution is -2.38. The van der Waals surface area contributed by atoms with Gasteiger partial charge in [-0.15, -0.1) is 0 Å². The first kappa shape index (κ1) is 21.7. The standard InChI is InChI=1S/C24H30N2O4/c1-15(2)20-8-5-16(3)13-22(20)30-17(4)24(28)25-11-12-29-19-7-9-21-18(14-19)6-10-23(27)26-21/h5,7-9,13-15,17H,6,10-12H2,1-4H3,(H,25,28)(H,26,27). The van der Waals surface area contributed by atoms with Crippen LogP contribution in [0.3, 0.4) is 0 Å². The van der Waals surface area contributed by atoms with Gasteiger partial charge in [-0.1, -0.05) is 26.0 Å². The SMILES string of the molecule is Cc1ccc(C(C)C)c(OC(C)C(=O)NCCOc2ccc3c(c2)CCC(=O)N3)c1. The molecule has 1 heterocycles. The lowest BCUT2D eigenvalue weighted by molar-refractivity contribution is -0.127. The van der Waals surface area contributed by atoms with Crippen LogP contribution in [0.25, 0.3) is 0 Å². The van der Waals surface area contributed by atoms with Crippen LogP contribution in [0.4, 0.5) is 5.69 Å². The van der Waals surface area contributed by atoms with Crippen molar-refractivity contribution in [1.29, 1.82) is 0 Å². The second-order valence-electron chi connectivity index (χ2n) is 7.96. The van der Waals surface area contributed by atoms with Gasteiger partial charge < -0.3 is 20.1 Å². The molecule has 6 heteroatoms. The molecule has 0 saturated heterocycles. The maximum absolute atomic E-state index is 12.4. The predicted molar refractivity (Wildman–Crippen MR) is 117 cm³/mol. The molecule has 0 aromatic heterocycles. The number of carbonyl (C=O) groups is 2. The van der Waals surface area contributed by atoms with E-state index in [9.17, 15) is 9.59 Å². The molecule has 0 aliphatic carbocycles. The third-order valence-corrected chi connectivity index (χ3v) is 5.11. The molecule has 1 unspecified atom stereocenters. The summed E-state index contributed by atoms with van der Waals surface area (Å²) in [5.41, 5.74) is 4.10. The van der Waals surface area contributed by atoms with Crippen molar-refractivity contribution in [2.45, 2.75) is 52.6 Å². The number of hydrogen-bond donors (Lipinski definition) is 2. The van der Waals surface area contributed by atoms with Crippen molar-refractivity contribution < 1.29 is 19.1 Å². The van der Waals surface area contributed by atoms with Crippen LogP contribution in [-0.4, -0.2) is 31.1 Å². The Kier molecular flexibility index (Phi) is 6.98. The average Bonchev–Trinajstić information content (AvgIpc) is 2.70. The summed E-state index contributed by atoms with van der Waals surface area (Å²) in [6, 6.07) is 11.7. The van der Waals surface area contributed by atoms with Crippen LogP contribution in [0, 0.1) is 6.92 Å². The summed E-state index contributed by atoms with van der Waals surface area (Å²) in [4.78, 5) is 23.8. The van der Waals surface area contributed by atoms with E-state index in [0.717, 1.165) is 33.9 Å². The summed E-state index contributed by atoms with van der Waals surface area (Å²) in [5.74, 6) is 1.66. The van der Waals surface area contributed by atoms with Gasteiger partial charge in [-0.2, -0.15) is 0 Å². The molecule has 0 fully saturated rings. The first-order chi connectivity index (χ1) is 14.3. The normalized spacial score (nSPS) is 14.0. The zero-order valence-electron chi connectivity index (χ0n) is 18.1. The van der Waals surface area contributed by atoms with Crippen molar-refractivity contribution in [2.24, 2.45) is 0 Å². The molecule has 2 aromatic carbocycles. The second-order valence-corrected chi connectivity index (χ2v) is 7.96. The number of carbonyl (C=O) groups excluding carboxylic acids is 2. The van der Waals surface area contributed by atoms with Crippen LogP contribution in [0.15, 0.2) is 36.4 Å². The summed E-state index contributed by atoms with van der Waals surface area (Å²) < 4.78 is 11.7. The fourth-order valence-corrected chi connectivity index (χ4v) is 3.40. The highest BCUT2D eigenvalue weighted by Crippen LogP contribution is 2.28. The van der Waals surface area contributed by atoms with E-state index < -0.39 is 6.10 Å². The summed E-state index contributed by atoms with van der Waals surface area (Å²) in [7, 11) is 0. The zero-order valence-corrected chi connectivity index (χ0v) is 18.1. The average molecular weight is 411 g/mol. The maximum Gasteiger partial charge on any atom is 0.260 e. The molecular formula is C24H30N2O4. The third-order valence-electron chi connectivity index (χ3n) is 5.11. The van der Waals surface area contributed by atoms with E-state index in [-0.39, 0.29) is 11.8 Å². The number of hydrogen-bond acceptors (Lipinski definition) is 4. The molecule has 2 aromatic rings. The van der Waals surface area contributed by atoms with Gasteiger partial charge in [0.15, 0.2) is 6.10 Å². The number of rotatable bonds is 8. The lowest BCUT2D eigenvalue weighted by atomic mass is 10.0. The molecule has 0 radical (unpaired) electrons. The summed E-state index contributed by atoms with van der Waals surface area (Å²) in [6.07, 6.45) is 0.599. The Bertz CT molecular complexity index is 923. The van der Waals surface area contributed by atoms with E-state index in [4.69, 9.17) is 9.47 Å². The van der Waals surface area contributed by atoms with E-state index in [1.165, 1.54) is 0 Å². The van der Waals surface area contributed by atoms with E-state index >= 15 is 0 Å². The largest absolute Gasteiger partial charge is 0.492 e. The van der Waals surface area contributed by atoms with Crippen molar-refractivity contribution in [2.75, 3.05) is 18.5 Å². The number of benzene rings is 2. The highest BCUT2D eigenvalue weighted by molar-refractivity contribution is 5.94. The quantitative estimate of drug-likeness (QED) is 0.646. The number of nitrogens with one attached hydrogen (secondary N) is 2. The molecule has 1 aliphatic rings. The highest BCUT2D eigenvalue weighted by atomic mass is 16.5. The first-order valence-electron chi connectivity index (χ1n) is 10.4. The van der Waals surface area contributed by atoms with Gasteiger partial charge in [0.1, 0.15) is 18.1 Å². The Hall–Kier alpha value is -3.02. The minimum atomic E-state index is -0.600. The molecule has 6 nitrogen and oxygen atoms in total. The van der Waals surface area contributed by atoms with Gasteiger partial charge in [-0.3, -0.25) is 9.59 Å². The van der Waals surface area contributed by atoms with Crippen molar-refractivity contribution in [3.8, 4) is 11.5 Å². The number of aryl methyl sites for hydroxylation is 2. The van der Waals surface area contributed by atoms with Crippen LogP contribution < -0.4 is 20.1 Å². The zero-order chi connectivity index (χ0) is 21.7. The molecule has 2 N–H and O–H groups in total. The van der Waals surface area contributed by atoms with Gasteiger partial charge in [-0.25, -0.2) is 0 Å². The smallest absolute Gasteiger partial charge is 0.260 e. The molecule has 2 amide bonds. The fourth-order valence-electron chi connectivity index (χ4n) is 3.40. The molecule has 1 aliphatic heterocycles. The molecular weight excluding hydrogens is 380 g/mol. The van der Waals surface area contributed by atoms with Crippen LogP contribution in [-0.2, 0) is 16.0 Å². The molecule has 1 atom stereocenters. The van der Waals surface area contributed by atoms with Gasteiger partial charge in [0.05, 0.1) is 6.54 Å². The number of ether oxygens (including phenoxy) is 2. The van der Waals surface area contributed by atoms with Gasteiger partial charge in [-0.05, 0) is 67.1 Å². The van der Waals surface area contributed by atoms with Gasteiger partial charge in [0.2, 0.25) is 5.91 Å². The molecule has 0 bridgehead atoms. The molecule has 160 valence electrons. The molecule has 30 heavy (non-hydrogen) atoms. The van der Waals surface area contributed by atoms with Gasteiger partial charge >= 0.3 is 0 Å². The van der Waals surface area contributed by atoms with Crippen LogP contribution in [0.1, 0.15) is 49.8 Å². The highest BCUT2D eigenvalue weighted by Gasteiger charge is 2.18. The van der Waals surface area contributed by atoms with Crippen LogP contribution >= 0.6 is 0 Å². The summed E-state index contributed by atoms with van der Waals surface area (Å²) in [6.45, 7) is 8.70. The fraction of sp³-hybridized carbons (Fsp3) is 0.417. The van der Waals surface area contributed by atoms with Crippen molar-refractivity contribution in [3.05, 3.63) is 53.1 Å². The Morgan fingerprint density at radius 2 is 1.93 bits per heavy atom. The Labute approximate surface area is 178 Å². The van der Waals surface area contributed by atoms with Crippen molar-refractivity contribution in [1.82, 2.24) is 5.32 Å². The topological polar surface area (TPSA) is 76.7 Å². The first-order valence-corrected chi connectivity index (χ1v) is 10.4. The number of fused-ring (bicyclic) bond motifs is 1. The van der Waals surface area contributed by atoms with E-state index in [2.05, 4.69) is 36.6 Å². The number of anilines is 1. The van der Waals surface area contributed by atoms with Gasteiger partial charge in [0.25, 0.3) is 5.91 Å². The Morgan fingerprint density at radius 3 is 2.70 bits per heavy atom. The lowest BCUT2D eigenvalue weighted by Gasteiger charge is -2.20. The monoisotopic (exact) mass is 410 g/mol. The second kappa shape index (κ2) is 9.65. The third kappa shape index (κ3) is 5.53. The maximum atomic E-state index is 12.4. The summed E-state index contributed by atoms with van der Waals surface area (Å²) in [5, 5.41) is 5.71. The Balaban J connectivity index is 1.47. The number of amides is 2. The molecule has 0 saturated carbocycles. The summed E-state index contributed by atoms with van der Waals surface area (Å²) >= 11 is 0. The minimum absolute atomic E-state index is 0.0430. The van der Waals surface area contributed by atoms with Crippen molar-refractivity contribution >= 4 is 17.5 Å². The minimum Gasteiger partial charge on any atom is -0.492 e. The van der Waals surface area contributed by atoms with Gasteiger partial charge in [0, 0.05) is 12.1 Å². The van der Waals surface area contributed by atoms with Crippen molar-refractivity contribution in [3.63, 3.8) is 0 Å². The van der Waals surface area contributed by atoms with E-state index in [1.807, 2.05) is 31.2 Å². The van der Waals surface area contributed by atoms with E-state index in [1.54, 1.807) is 6.92 Å². The van der Waals surface area contributed by atoms with Crippen LogP contribution in [0.5, 0.6) is 11.5 Å². The Morgan fingerprint density at radius 1 is 1.13 bits per heavy atom.